The van der Waals surface area contributed by atoms with E-state index in [1.54, 1.807) is 0 Å². The molecule has 0 fully saturated rings. The van der Waals surface area contributed by atoms with Crippen LogP contribution in [0.25, 0.3) is 0 Å². The highest BCUT2D eigenvalue weighted by Crippen LogP contribution is 2.57. The van der Waals surface area contributed by atoms with Crippen LogP contribution in [-0.2, 0) is 5.41 Å². The van der Waals surface area contributed by atoms with Crippen molar-refractivity contribution in [2.24, 2.45) is 0 Å². The Balaban J connectivity index is 0.000000145. The van der Waals surface area contributed by atoms with Crippen LogP contribution in [0.5, 0.6) is 34.5 Å². The lowest BCUT2D eigenvalue weighted by Gasteiger charge is -2.40. The number of fused-ring (bicyclic) bond motifs is 8. The largest absolute Gasteiger partial charge is 0.453 e. The van der Waals surface area contributed by atoms with Gasteiger partial charge < -0.3 is 33.8 Å². The highest BCUT2D eigenvalue weighted by atomic mass is 16.5. The van der Waals surface area contributed by atoms with E-state index in [1.165, 1.54) is 10.1 Å². The van der Waals surface area contributed by atoms with Gasteiger partial charge in [0.25, 0.3) is 0 Å². The van der Waals surface area contributed by atoms with Gasteiger partial charge in [-0.2, -0.15) is 0 Å². The van der Waals surface area contributed by atoms with Crippen LogP contribution in [0.1, 0.15) is 25.0 Å². The molecular formula is C75H56N6O5. The van der Waals surface area contributed by atoms with E-state index in [-0.39, 0.29) is 0 Å². The lowest BCUT2D eigenvalue weighted by atomic mass is 9.73. The number of rotatable bonds is 8. The van der Waals surface area contributed by atoms with E-state index in [2.05, 4.69) is 155 Å². The van der Waals surface area contributed by atoms with Gasteiger partial charge in [-0.25, -0.2) is 10.1 Å². The zero-order valence-electron chi connectivity index (χ0n) is 47.0. The fourth-order valence-electron chi connectivity index (χ4n) is 12.2. The maximum atomic E-state index is 11.6. The summed E-state index contributed by atoms with van der Waals surface area (Å²) in [5.74, 6) is 4.14. The summed E-state index contributed by atoms with van der Waals surface area (Å²) in [5.41, 5.74) is 16.2. The minimum atomic E-state index is -0.395. The zero-order chi connectivity index (χ0) is 57.9. The molecule has 4 aliphatic rings. The van der Waals surface area contributed by atoms with Gasteiger partial charge in [0.2, 0.25) is 0 Å². The molecule has 2 N–H and O–H groups in total. The molecule has 0 atom stereocenters. The first-order valence-corrected chi connectivity index (χ1v) is 28.6. The third-order valence-corrected chi connectivity index (χ3v) is 16.3. The van der Waals surface area contributed by atoms with Crippen LogP contribution >= 0.6 is 0 Å². The van der Waals surface area contributed by atoms with Gasteiger partial charge in [0.05, 0.1) is 45.5 Å². The van der Waals surface area contributed by atoms with Crippen molar-refractivity contribution < 1.29 is 24.6 Å². The van der Waals surface area contributed by atoms with Crippen molar-refractivity contribution in [3.8, 4) is 34.5 Å². The Labute approximate surface area is 499 Å². The van der Waals surface area contributed by atoms with Crippen molar-refractivity contribution >= 4 is 91.0 Å². The second kappa shape index (κ2) is 21.2. The van der Waals surface area contributed by atoms with Crippen LogP contribution in [-0.4, -0.2) is 10.4 Å². The summed E-state index contributed by atoms with van der Waals surface area (Å²) in [4.78, 5) is 8.81. The van der Waals surface area contributed by atoms with Crippen LogP contribution in [0.2, 0.25) is 0 Å². The van der Waals surface area contributed by atoms with Gasteiger partial charge in [0.15, 0.2) is 34.5 Å². The fraction of sp³-hybridized carbons (Fsp3) is 0.0400. The highest BCUT2D eigenvalue weighted by Gasteiger charge is 2.38. The third kappa shape index (κ3) is 8.94. The van der Waals surface area contributed by atoms with Gasteiger partial charge in [-0.1, -0.05) is 135 Å². The number of hydrogen-bond acceptors (Lipinski definition) is 11. The van der Waals surface area contributed by atoms with Gasteiger partial charge in [0.1, 0.15) is 11.4 Å². The van der Waals surface area contributed by atoms with E-state index in [0.717, 1.165) is 114 Å². The van der Waals surface area contributed by atoms with Crippen molar-refractivity contribution in [2.75, 3.05) is 29.7 Å². The third-order valence-electron chi connectivity index (χ3n) is 16.3. The molecule has 416 valence electrons. The number of nitrogens with zero attached hydrogens (tertiary/aromatic N) is 6. The summed E-state index contributed by atoms with van der Waals surface area (Å²) in [5, 5.41) is 25.4. The molecule has 0 aliphatic carbocycles. The average molecular weight is 1120 g/mol. The monoisotopic (exact) mass is 1120 g/mol. The first-order chi connectivity index (χ1) is 42.2. The maximum Gasteiger partial charge on any atom is 0.155 e. The maximum absolute atomic E-state index is 11.6. The molecule has 11 heteroatoms. The molecule has 0 radical (unpaired) electrons. The SMILES string of the molecule is CC1(C)c2cc(N(c3ccccc3)c3ccccc3)ccc2N(O)c2ccc(N(c3ccccc3)c3ccccc3)cc21.ON1c2ccc(N3c4ccccc4Oc4ccccc43)cc2Oc2cc(N3c4ccccc4Oc4ccccc43)ccc21. The van der Waals surface area contributed by atoms with Gasteiger partial charge in [-0.05, 0) is 169 Å². The van der Waals surface area contributed by atoms with Gasteiger partial charge in [-0.15, -0.1) is 0 Å². The molecule has 0 unspecified atom stereocenters. The summed E-state index contributed by atoms with van der Waals surface area (Å²) in [6.45, 7) is 4.49. The Morgan fingerprint density at radius 3 is 0.884 bits per heavy atom. The lowest BCUT2D eigenvalue weighted by molar-refractivity contribution is 0.285. The summed E-state index contributed by atoms with van der Waals surface area (Å²) < 4.78 is 18.9. The van der Waals surface area contributed by atoms with Crippen molar-refractivity contribution in [3.05, 3.63) is 302 Å². The number of hydrogen-bond donors (Lipinski definition) is 2. The van der Waals surface area contributed by atoms with E-state index >= 15 is 0 Å². The molecule has 12 aromatic carbocycles. The predicted molar refractivity (Wildman–Crippen MR) is 345 cm³/mol. The number of ether oxygens (including phenoxy) is 3. The van der Waals surface area contributed by atoms with Crippen LogP contribution in [0.15, 0.2) is 291 Å². The second-order valence-electron chi connectivity index (χ2n) is 21.8. The van der Waals surface area contributed by atoms with E-state index in [0.29, 0.717) is 22.9 Å². The number of benzene rings is 12. The van der Waals surface area contributed by atoms with Crippen LogP contribution in [0, 0.1) is 0 Å². The Bertz CT molecular complexity index is 4060. The molecule has 0 amide bonds. The predicted octanol–water partition coefficient (Wildman–Crippen LogP) is 21.3. The molecule has 12 aromatic rings. The Morgan fingerprint density at radius 2 is 0.547 bits per heavy atom. The van der Waals surface area contributed by atoms with E-state index in [4.69, 9.17) is 14.2 Å². The number of anilines is 16. The molecular weight excluding hydrogens is 1060 g/mol. The molecule has 16 rings (SSSR count). The number of para-hydroxylation sites is 12. The van der Waals surface area contributed by atoms with Crippen molar-refractivity contribution in [2.45, 2.75) is 19.3 Å². The quantitative estimate of drug-likeness (QED) is 0.153. The molecule has 0 saturated carbocycles. The molecule has 4 heterocycles. The first kappa shape index (κ1) is 51.6. The normalized spacial score (nSPS) is 13.4. The lowest BCUT2D eigenvalue weighted by Crippen LogP contribution is -2.31. The average Bonchev–Trinajstić information content (AvgIpc) is 3.29. The Hall–Kier alpha value is -11.2. The molecule has 11 nitrogen and oxygen atoms in total. The van der Waals surface area contributed by atoms with E-state index in [9.17, 15) is 10.4 Å². The Morgan fingerprint density at radius 1 is 0.267 bits per heavy atom. The van der Waals surface area contributed by atoms with E-state index in [1.807, 2.05) is 170 Å². The summed E-state index contributed by atoms with van der Waals surface area (Å²) in [6, 6.07) is 97.7. The summed E-state index contributed by atoms with van der Waals surface area (Å²) in [7, 11) is 0. The van der Waals surface area contributed by atoms with Crippen LogP contribution in [0.4, 0.5) is 91.0 Å². The molecule has 86 heavy (non-hydrogen) atoms. The highest BCUT2D eigenvalue weighted by molar-refractivity contribution is 5.92. The molecule has 0 saturated heterocycles. The smallest absolute Gasteiger partial charge is 0.155 e. The fourth-order valence-corrected chi connectivity index (χ4v) is 12.2. The molecule has 0 aromatic heterocycles. The summed E-state index contributed by atoms with van der Waals surface area (Å²) >= 11 is 0. The van der Waals surface area contributed by atoms with Crippen LogP contribution in [0.3, 0.4) is 0 Å². The molecule has 0 bridgehead atoms. The van der Waals surface area contributed by atoms with E-state index < -0.39 is 5.41 Å². The minimum Gasteiger partial charge on any atom is -0.453 e. The van der Waals surface area contributed by atoms with Gasteiger partial charge >= 0.3 is 0 Å². The van der Waals surface area contributed by atoms with Crippen molar-refractivity contribution in [1.82, 2.24) is 0 Å². The molecule has 4 aliphatic heterocycles. The van der Waals surface area contributed by atoms with Gasteiger partial charge in [0, 0.05) is 51.7 Å². The Kier molecular flexibility index (Phi) is 12.7. The standard InChI is InChI=1S/C39H33N3O.C36H23N3O4/c1-39(2)35-27-33(40(29-15-7-3-8-16-29)30-17-9-4-10-18-30)23-25-37(35)42(43)38-26-24-34(28-36(38)39)41(31-19-11-5-12-20-31)32-21-13-6-14-22-32;40-39-29-19-17-23(37-25-9-1-5-13-31(25)41-32-14-6-2-10-26(32)37)21-35(29)43-36-22-24(18-20-30(36)39)38-27-11-3-7-15-33(27)42-34-16-8-4-12-28(34)38/h3-28,43H,1-2H3;1-22,40H. The van der Waals surface area contributed by atoms with Gasteiger partial charge in [-0.3, -0.25) is 10.4 Å². The van der Waals surface area contributed by atoms with Crippen molar-refractivity contribution in [1.29, 1.82) is 0 Å². The summed E-state index contributed by atoms with van der Waals surface area (Å²) in [6.07, 6.45) is 0. The van der Waals surface area contributed by atoms with Crippen LogP contribution < -0.4 is 43.9 Å². The topological polar surface area (TPSA) is 87.6 Å². The minimum absolute atomic E-state index is 0.395. The molecule has 0 spiro atoms. The second-order valence-corrected chi connectivity index (χ2v) is 21.8. The first-order valence-electron chi connectivity index (χ1n) is 28.6. The zero-order valence-corrected chi connectivity index (χ0v) is 47.0. The van der Waals surface area contributed by atoms with Crippen molar-refractivity contribution in [3.63, 3.8) is 0 Å².